The molecule has 0 bridgehead atoms. The Labute approximate surface area is 219 Å². The smallest absolute Gasteiger partial charge is 0.291 e. The van der Waals surface area contributed by atoms with Gasteiger partial charge in [-0.05, 0) is 61.4 Å². The van der Waals surface area contributed by atoms with Gasteiger partial charge in [0.15, 0.2) is 5.76 Å². The van der Waals surface area contributed by atoms with Crippen LogP contribution in [0.5, 0.6) is 11.5 Å². The highest BCUT2D eigenvalue weighted by Crippen LogP contribution is 2.31. The van der Waals surface area contributed by atoms with Crippen LogP contribution < -0.4 is 31.6 Å². The van der Waals surface area contributed by atoms with Crippen molar-refractivity contribution in [1.29, 1.82) is 0 Å². The summed E-state index contributed by atoms with van der Waals surface area (Å²) in [5.41, 5.74) is 15.4. The van der Waals surface area contributed by atoms with E-state index >= 15 is 0 Å². The summed E-state index contributed by atoms with van der Waals surface area (Å²) in [6.07, 6.45) is 1.44. The van der Waals surface area contributed by atoms with Gasteiger partial charge in [0.1, 0.15) is 17.3 Å². The normalized spacial score (nSPS) is 10.1. The number of ether oxygens (including phenoxy) is 2. The van der Waals surface area contributed by atoms with Gasteiger partial charge in [-0.2, -0.15) is 0 Å². The molecule has 0 radical (unpaired) electrons. The number of aryl methyl sites for hydroxylation is 2. The molecular formula is C28H29FN4O5. The quantitative estimate of drug-likeness (QED) is 0.249. The number of anilines is 4. The average Bonchev–Trinajstić information content (AvgIpc) is 3.44. The van der Waals surface area contributed by atoms with E-state index in [0.717, 1.165) is 11.1 Å². The van der Waals surface area contributed by atoms with Crippen molar-refractivity contribution in [3.63, 3.8) is 0 Å². The number of carbonyl (C=O) groups excluding carboxylic acids is 2. The minimum Gasteiger partial charge on any atom is -0.494 e. The Hall–Kier alpha value is -4.99. The number of halogens is 1. The van der Waals surface area contributed by atoms with Gasteiger partial charge < -0.3 is 36.0 Å². The van der Waals surface area contributed by atoms with Crippen LogP contribution in [0.4, 0.5) is 27.1 Å². The van der Waals surface area contributed by atoms with Crippen molar-refractivity contribution in [3.8, 4) is 11.5 Å². The second-order valence-corrected chi connectivity index (χ2v) is 8.18. The molecule has 0 aliphatic carbocycles. The van der Waals surface area contributed by atoms with Gasteiger partial charge in [0.2, 0.25) is 0 Å². The Balaban J connectivity index is 0.000000212. The fraction of sp³-hybridized carbons (Fsp3) is 0.143. The minimum absolute atomic E-state index is 0.0240. The van der Waals surface area contributed by atoms with Gasteiger partial charge in [-0.25, -0.2) is 4.39 Å². The molecule has 0 saturated carbocycles. The number of benzene rings is 3. The topological polar surface area (TPSA) is 142 Å². The van der Waals surface area contributed by atoms with Crippen LogP contribution >= 0.6 is 0 Å². The molecule has 0 saturated heterocycles. The predicted molar refractivity (Wildman–Crippen MR) is 145 cm³/mol. The van der Waals surface area contributed by atoms with Crippen molar-refractivity contribution in [2.75, 3.05) is 36.3 Å². The lowest BCUT2D eigenvalue weighted by atomic mass is 10.1. The summed E-state index contributed by atoms with van der Waals surface area (Å²) in [7, 11) is 3.00. The average molecular weight is 521 g/mol. The molecule has 4 aromatic rings. The number of amides is 2. The number of nitrogens with two attached hydrogens (primary N) is 2. The summed E-state index contributed by atoms with van der Waals surface area (Å²) < 4.78 is 28.9. The molecular weight excluding hydrogens is 491 g/mol. The second kappa shape index (κ2) is 12.3. The van der Waals surface area contributed by atoms with E-state index in [1.807, 2.05) is 13.8 Å². The predicted octanol–water partition coefficient (Wildman–Crippen LogP) is 5.41. The van der Waals surface area contributed by atoms with E-state index in [4.69, 9.17) is 25.4 Å². The van der Waals surface area contributed by atoms with Crippen LogP contribution in [0.2, 0.25) is 0 Å². The van der Waals surface area contributed by atoms with Gasteiger partial charge in [0.05, 0.1) is 37.4 Å². The van der Waals surface area contributed by atoms with E-state index in [1.165, 1.54) is 38.7 Å². The molecule has 0 aliphatic rings. The molecule has 3 aromatic carbocycles. The van der Waals surface area contributed by atoms with Crippen molar-refractivity contribution in [2.45, 2.75) is 13.8 Å². The maximum absolute atomic E-state index is 13.6. The molecule has 0 aliphatic heterocycles. The van der Waals surface area contributed by atoms with Crippen LogP contribution in [-0.4, -0.2) is 26.0 Å². The Bertz CT molecular complexity index is 1440. The highest BCUT2D eigenvalue weighted by atomic mass is 19.1. The summed E-state index contributed by atoms with van der Waals surface area (Å²) in [5.74, 6) is -0.258. The summed E-state index contributed by atoms with van der Waals surface area (Å²) >= 11 is 0. The number of carbonyl (C=O) groups is 2. The lowest BCUT2D eigenvalue weighted by molar-refractivity contribution is 0.0994. The molecule has 6 N–H and O–H groups in total. The number of methoxy groups -OCH3 is 2. The number of hydrogen-bond acceptors (Lipinski definition) is 7. The molecule has 9 nitrogen and oxygen atoms in total. The standard InChI is InChI=1S/C15H15FN2O2.C13H14N2O3/c1-9-7-13(14(20-2)8-12(9)17)18-15(19)10-5-3-4-6-11(10)16;1-8-6-10(12(17-2)7-9(8)14)15-13(16)11-4-3-5-18-11/h3-8H,17H2,1-2H3,(H,18,19);3-7H,14H2,1-2H3,(H,15,16). The van der Waals surface area contributed by atoms with Crippen molar-refractivity contribution < 1.29 is 27.9 Å². The maximum atomic E-state index is 13.6. The van der Waals surface area contributed by atoms with E-state index in [1.54, 1.807) is 42.5 Å². The minimum atomic E-state index is -0.573. The maximum Gasteiger partial charge on any atom is 0.291 e. The zero-order valence-corrected chi connectivity index (χ0v) is 21.4. The molecule has 198 valence electrons. The number of nitrogens with one attached hydrogen (secondary N) is 2. The van der Waals surface area contributed by atoms with Gasteiger partial charge in [0, 0.05) is 23.5 Å². The van der Waals surface area contributed by atoms with Crippen molar-refractivity contribution in [1.82, 2.24) is 0 Å². The van der Waals surface area contributed by atoms with Gasteiger partial charge in [-0.3, -0.25) is 9.59 Å². The van der Waals surface area contributed by atoms with Crippen molar-refractivity contribution in [2.24, 2.45) is 0 Å². The van der Waals surface area contributed by atoms with E-state index < -0.39 is 11.7 Å². The first-order chi connectivity index (χ1) is 18.1. The third-order valence-corrected chi connectivity index (χ3v) is 5.54. The lowest BCUT2D eigenvalue weighted by Crippen LogP contribution is -2.14. The fourth-order valence-corrected chi connectivity index (χ4v) is 3.37. The monoisotopic (exact) mass is 520 g/mol. The van der Waals surface area contributed by atoms with Crippen molar-refractivity contribution in [3.05, 3.63) is 95.2 Å². The first-order valence-electron chi connectivity index (χ1n) is 11.4. The zero-order valence-electron chi connectivity index (χ0n) is 21.4. The Morgan fingerprint density at radius 3 is 1.79 bits per heavy atom. The Morgan fingerprint density at radius 2 is 1.32 bits per heavy atom. The van der Waals surface area contributed by atoms with Crippen LogP contribution in [0.3, 0.4) is 0 Å². The SMILES string of the molecule is COc1cc(N)c(C)cc1NC(=O)c1ccccc1F.COc1cc(N)c(C)cc1NC(=O)c1ccco1. The molecule has 1 heterocycles. The van der Waals surface area contributed by atoms with Crippen LogP contribution in [0.25, 0.3) is 0 Å². The molecule has 0 unspecified atom stereocenters. The second-order valence-electron chi connectivity index (χ2n) is 8.18. The van der Waals surface area contributed by atoms with Gasteiger partial charge >= 0.3 is 0 Å². The van der Waals surface area contributed by atoms with E-state index in [0.29, 0.717) is 34.2 Å². The third-order valence-electron chi connectivity index (χ3n) is 5.54. The van der Waals surface area contributed by atoms with E-state index in [-0.39, 0.29) is 17.2 Å². The Kier molecular flexibility index (Phi) is 8.94. The van der Waals surface area contributed by atoms with Gasteiger partial charge in [-0.15, -0.1) is 0 Å². The van der Waals surface area contributed by atoms with Gasteiger partial charge in [-0.1, -0.05) is 12.1 Å². The lowest BCUT2D eigenvalue weighted by Gasteiger charge is -2.13. The first-order valence-corrected chi connectivity index (χ1v) is 11.4. The van der Waals surface area contributed by atoms with Crippen molar-refractivity contribution >= 4 is 34.6 Å². The number of hydrogen-bond donors (Lipinski definition) is 4. The Morgan fingerprint density at radius 1 is 0.789 bits per heavy atom. The first kappa shape index (κ1) is 27.6. The summed E-state index contributed by atoms with van der Waals surface area (Å²) in [4.78, 5) is 23.9. The van der Waals surface area contributed by atoms with E-state index in [2.05, 4.69) is 10.6 Å². The highest BCUT2D eigenvalue weighted by molar-refractivity contribution is 6.05. The fourth-order valence-electron chi connectivity index (χ4n) is 3.37. The molecule has 0 fully saturated rings. The molecule has 2 amide bonds. The molecule has 0 spiro atoms. The number of furan rings is 1. The molecule has 0 atom stereocenters. The highest BCUT2D eigenvalue weighted by Gasteiger charge is 2.15. The van der Waals surface area contributed by atoms with Crippen LogP contribution in [0.15, 0.2) is 71.3 Å². The number of nitrogen functional groups attached to an aromatic ring is 2. The number of rotatable bonds is 6. The zero-order chi connectivity index (χ0) is 27.8. The molecule has 38 heavy (non-hydrogen) atoms. The van der Waals surface area contributed by atoms with Crippen LogP contribution in [-0.2, 0) is 0 Å². The largest absolute Gasteiger partial charge is 0.494 e. The summed E-state index contributed by atoms with van der Waals surface area (Å²) in [6, 6.07) is 15.8. The molecule has 10 heteroatoms. The summed E-state index contributed by atoms with van der Waals surface area (Å²) in [6.45, 7) is 3.67. The molecule has 1 aromatic heterocycles. The van der Waals surface area contributed by atoms with Crippen LogP contribution in [0.1, 0.15) is 32.0 Å². The van der Waals surface area contributed by atoms with E-state index in [9.17, 15) is 14.0 Å². The summed E-state index contributed by atoms with van der Waals surface area (Å²) in [5, 5.41) is 5.35. The van der Waals surface area contributed by atoms with Gasteiger partial charge in [0.25, 0.3) is 11.8 Å². The third kappa shape index (κ3) is 6.61. The van der Waals surface area contributed by atoms with Crippen LogP contribution in [0, 0.1) is 19.7 Å². The molecule has 4 rings (SSSR count).